The maximum absolute atomic E-state index is 9.84. The molecule has 0 bridgehead atoms. The predicted octanol–water partition coefficient (Wildman–Crippen LogP) is 0.282. The van der Waals surface area contributed by atoms with Crippen LogP contribution in [0.1, 0.15) is 0 Å². The molecule has 5 heteroatoms. The summed E-state index contributed by atoms with van der Waals surface area (Å²) in [5.74, 6) is -1.13. The molecule has 0 atom stereocenters. The van der Waals surface area contributed by atoms with E-state index in [0.717, 1.165) is 12.1 Å². The van der Waals surface area contributed by atoms with Crippen molar-refractivity contribution < 1.29 is 20.1 Å². The van der Waals surface area contributed by atoms with E-state index >= 15 is 0 Å². The molecule has 1 aromatic rings. The zero-order valence-electron chi connectivity index (χ0n) is 5.90. The molecule has 0 aromatic heterocycles. The largest absolute Gasteiger partial charge is 0.508 e. The lowest BCUT2D eigenvalue weighted by Gasteiger charge is -2.04. The third-order valence-corrected chi connectivity index (χ3v) is 1.26. The van der Waals surface area contributed by atoms with E-state index in [1.807, 2.05) is 5.32 Å². The number of phenols is 3. The number of nitrogens with one attached hydrogen (secondary N) is 1. The van der Waals surface area contributed by atoms with Gasteiger partial charge in [-0.15, -0.1) is 0 Å². The third kappa shape index (κ3) is 1.39. The minimum atomic E-state index is -0.421. The summed E-state index contributed by atoms with van der Waals surface area (Å²) in [7, 11) is 0. The van der Waals surface area contributed by atoms with Crippen LogP contribution in [0.25, 0.3) is 0 Å². The van der Waals surface area contributed by atoms with Crippen molar-refractivity contribution >= 4 is 12.1 Å². The average molecular weight is 168 g/mol. The molecular weight excluding hydrogens is 162 g/mol. The fraction of sp³-hybridized carbons (Fsp3) is 0. The number of carbonyl (C=O) groups excluding carboxylic acids is 1. The second kappa shape index (κ2) is 3.00. The SMILES string of the molecule is O=[C]Nc1c(O)cc(O)cc1O. The van der Waals surface area contributed by atoms with Crippen LogP contribution in [0.15, 0.2) is 12.1 Å². The van der Waals surface area contributed by atoms with Gasteiger partial charge in [-0.2, -0.15) is 0 Å². The lowest BCUT2D eigenvalue weighted by molar-refractivity contribution is 0.431. The Kier molecular flexibility index (Phi) is 2.05. The Morgan fingerprint density at radius 2 is 1.67 bits per heavy atom. The number of hydrogen-bond acceptors (Lipinski definition) is 4. The predicted molar refractivity (Wildman–Crippen MR) is 40.8 cm³/mol. The Labute approximate surface area is 67.9 Å². The Morgan fingerprint density at radius 3 is 2.08 bits per heavy atom. The van der Waals surface area contributed by atoms with E-state index in [-0.39, 0.29) is 11.4 Å². The molecule has 1 radical (unpaired) electrons. The molecule has 0 fully saturated rings. The summed E-state index contributed by atoms with van der Waals surface area (Å²) < 4.78 is 0. The lowest BCUT2D eigenvalue weighted by atomic mass is 10.2. The van der Waals surface area contributed by atoms with Crippen molar-refractivity contribution in [1.29, 1.82) is 0 Å². The maximum Gasteiger partial charge on any atom is 0.314 e. The summed E-state index contributed by atoms with van der Waals surface area (Å²) in [6.45, 7) is 0. The summed E-state index contributed by atoms with van der Waals surface area (Å²) in [6, 6.07) is 1.97. The van der Waals surface area contributed by atoms with Crippen LogP contribution in [-0.2, 0) is 4.79 Å². The topological polar surface area (TPSA) is 89.8 Å². The van der Waals surface area contributed by atoms with Crippen molar-refractivity contribution in [3.05, 3.63) is 12.1 Å². The number of aromatic hydroxyl groups is 3. The summed E-state index contributed by atoms with van der Waals surface area (Å²) in [5.41, 5.74) is -0.178. The molecule has 5 nitrogen and oxygen atoms in total. The molecule has 0 unspecified atom stereocenters. The molecular formula is C7H6NO4. The summed E-state index contributed by atoms with van der Waals surface area (Å²) in [4.78, 5) is 9.84. The average Bonchev–Trinajstić information content (AvgIpc) is 1.96. The molecule has 1 amide bonds. The molecule has 63 valence electrons. The first-order valence-corrected chi connectivity index (χ1v) is 3.03. The fourth-order valence-electron chi connectivity index (χ4n) is 0.776. The molecule has 0 aliphatic heterocycles. The van der Waals surface area contributed by atoms with Crippen molar-refractivity contribution in [3.63, 3.8) is 0 Å². The summed E-state index contributed by atoms with van der Waals surface area (Å²) >= 11 is 0. The number of anilines is 1. The highest BCUT2D eigenvalue weighted by Crippen LogP contribution is 2.36. The Balaban J connectivity index is 3.18. The maximum atomic E-state index is 9.84. The number of benzene rings is 1. The molecule has 0 spiro atoms. The van der Waals surface area contributed by atoms with Crippen LogP contribution in [-0.4, -0.2) is 21.7 Å². The van der Waals surface area contributed by atoms with Crippen molar-refractivity contribution in [2.75, 3.05) is 5.32 Å². The summed E-state index contributed by atoms with van der Waals surface area (Å²) in [6.07, 6.45) is 1.28. The van der Waals surface area contributed by atoms with Crippen molar-refractivity contribution in [2.24, 2.45) is 0 Å². The van der Waals surface area contributed by atoms with Crippen molar-refractivity contribution in [2.45, 2.75) is 0 Å². The first kappa shape index (κ1) is 8.19. The molecule has 0 aliphatic rings. The number of rotatable bonds is 2. The third-order valence-electron chi connectivity index (χ3n) is 1.26. The van der Waals surface area contributed by atoms with E-state index in [2.05, 4.69) is 0 Å². The molecule has 0 aliphatic carbocycles. The van der Waals surface area contributed by atoms with Crippen molar-refractivity contribution in [1.82, 2.24) is 0 Å². The van der Waals surface area contributed by atoms with Gasteiger partial charge in [-0.1, -0.05) is 0 Å². The van der Waals surface area contributed by atoms with Crippen LogP contribution in [0.4, 0.5) is 5.69 Å². The zero-order valence-corrected chi connectivity index (χ0v) is 5.90. The second-order valence-electron chi connectivity index (χ2n) is 2.09. The lowest BCUT2D eigenvalue weighted by Crippen LogP contribution is -1.94. The first-order valence-electron chi connectivity index (χ1n) is 3.03. The molecule has 0 saturated carbocycles. The smallest absolute Gasteiger partial charge is 0.314 e. The Bertz CT molecular complexity index is 287. The number of hydrogen-bond donors (Lipinski definition) is 4. The number of amides is 1. The quantitative estimate of drug-likeness (QED) is 0.290. The highest BCUT2D eigenvalue weighted by Gasteiger charge is 2.08. The standard InChI is InChI=1S/C7H6NO4/c9-3-8-7-5(11)1-4(10)2-6(7)12/h1-2,10-12H,(H,8,9). The zero-order chi connectivity index (χ0) is 9.14. The van der Waals surface area contributed by atoms with Crippen LogP contribution < -0.4 is 5.32 Å². The van der Waals surface area contributed by atoms with Gasteiger partial charge in [0.25, 0.3) is 0 Å². The van der Waals surface area contributed by atoms with Crippen molar-refractivity contribution in [3.8, 4) is 17.2 Å². The highest BCUT2D eigenvalue weighted by atomic mass is 16.3. The number of phenolic OH excluding ortho intramolecular Hbond substituents is 3. The van der Waals surface area contributed by atoms with Gasteiger partial charge in [-0.3, -0.25) is 4.79 Å². The molecule has 0 heterocycles. The summed E-state index contributed by atoms with van der Waals surface area (Å²) in [5, 5.41) is 28.9. The normalized spacial score (nSPS) is 9.33. The molecule has 0 saturated heterocycles. The van der Waals surface area contributed by atoms with Crippen LogP contribution in [0.2, 0.25) is 0 Å². The minimum absolute atomic E-state index is 0.178. The van der Waals surface area contributed by atoms with Crippen LogP contribution in [0.3, 0.4) is 0 Å². The van der Waals surface area contributed by atoms with Crippen LogP contribution in [0.5, 0.6) is 17.2 Å². The monoisotopic (exact) mass is 168 g/mol. The fourth-order valence-corrected chi connectivity index (χ4v) is 0.776. The molecule has 1 aromatic carbocycles. The van der Waals surface area contributed by atoms with Crippen LogP contribution >= 0.6 is 0 Å². The van der Waals surface area contributed by atoms with Gasteiger partial charge < -0.3 is 20.6 Å². The van der Waals surface area contributed by atoms with Gasteiger partial charge >= 0.3 is 6.41 Å². The Morgan fingerprint density at radius 1 is 1.17 bits per heavy atom. The van der Waals surface area contributed by atoms with Gasteiger partial charge in [0, 0.05) is 12.1 Å². The van der Waals surface area contributed by atoms with Gasteiger partial charge in [-0.05, 0) is 0 Å². The van der Waals surface area contributed by atoms with Gasteiger partial charge in [0.2, 0.25) is 0 Å². The molecule has 4 N–H and O–H groups in total. The minimum Gasteiger partial charge on any atom is -0.508 e. The second-order valence-corrected chi connectivity index (χ2v) is 2.09. The van der Waals surface area contributed by atoms with E-state index < -0.39 is 11.5 Å². The van der Waals surface area contributed by atoms with Gasteiger partial charge in [-0.25, -0.2) is 0 Å². The van der Waals surface area contributed by atoms with Crippen LogP contribution in [0, 0.1) is 0 Å². The molecule has 12 heavy (non-hydrogen) atoms. The van der Waals surface area contributed by atoms with E-state index in [4.69, 9.17) is 15.3 Å². The molecule has 1 rings (SSSR count). The first-order chi connectivity index (χ1) is 5.65. The van der Waals surface area contributed by atoms with E-state index in [1.165, 1.54) is 6.41 Å². The van der Waals surface area contributed by atoms with Gasteiger partial charge in [0.05, 0.1) is 0 Å². The van der Waals surface area contributed by atoms with E-state index in [9.17, 15) is 4.79 Å². The van der Waals surface area contributed by atoms with E-state index in [0.29, 0.717) is 0 Å². The Hall–Kier alpha value is -1.91. The van der Waals surface area contributed by atoms with Gasteiger partial charge in [0.15, 0.2) is 0 Å². The van der Waals surface area contributed by atoms with Gasteiger partial charge in [0.1, 0.15) is 22.9 Å². The van der Waals surface area contributed by atoms with E-state index in [1.54, 1.807) is 0 Å². The highest BCUT2D eigenvalue weighted by molar-refractivity contribution is 5.80.